The summed E-state index contributed by atoms with van der Waals surface area (Å²) in [5.41, 5.74) is 3.61. The number of hydrogen-bond donors (Lipinski definition) is 1. The maximum atomic E-state index is 12.6. The van der Waals surface area contributed by atoms with Crippen LogP contribution in [-0.4, -0.2) is 34.6 Å². The normalized spacial score (nSPS) is 12.3. The molecule has 10 heteroatoms. The van der Waals surface area contributed by atoms with E-state index in [0.717, 1.165) is 27.8 Å². The fraction of sp³-hybridized carbons (Fsp3) is 0.267. The number of rotatable bonds is 7. The molecule has 1 heterocycles. The summed E-state index contributed by atoms with van der Waals surface area (Å²) >= 11 is 5.66. The molecule has 1 N–H and O–H groups in total. The zero-order valence-electron chi connectivity index (χ0n) is 13.0. The van der Waals surface area contributed by atoms with Crippen molar-refractivity contribution in [2.75, 3.05) is 12.5 Å². The summed E-state index contributed by atoms with van der Waals surface area (Å²) in [5.74, 6) is -0.579. The van der Waals surface area contributed by atoms with E-state index >= 15 is 0 Å². The van der Waals surface area contributed by atoms with Gasteiger partial charge in [0.05, 0.1) is 12.6 Å². The molecule has 1 aromatic carbocycles. The Morgan fingerprint density at radius 1 is 1.44 bits per heavy atom. The number of carbonyl (C=O) groups excluding carboxylic acids is 1. The van der Waals surface area contributed by atoms with Crippen LogP contribution in [0.1, 0.15) is 11.3 Å². The Balaban J connectivity index is 2.19. The smallest absolute Gasteiger partial charge is 0.434 e. The van der Waals surface area contributed by atoms with E-state index in [1.165, 1.54) is 12.1 Å². The van der Waals surface area contributed by atoms with Crippen molar-refractivity contribution in [3.05, 3.63) is 47.0 Å². The van der Waals surface area contributed by atoms with E-state index in [0.29, 0.717) is 0 Å². The third-order valence-corrected chi connectivity index (χ3v) is 4.19. The summed E-state index contributed by atoms with van der Waals surface area (Å²) in [7, 11) is 1.23. The number of ether oxygens (including phenoxy) is 1. The number of thiocarbonyl (C=S) groups is 1. The van der Waals surface area contributed by atoms with E-state index in [1.54, 1.807) is 0 Å². The quantitative estimate of drug-likeness (QED) is 0.444. The number of hydrogen-bond acceptors (Lipinski definition) is 6. The number of halogens is 3. The molecule has 0 aliphatic rings. The van der Waals surface area contributed by atoms with Crippen molar-refractivity contribution in [2.45, 2.75) is 18.6 Å². The Morgan fingerprint density at radius 3 is 2.64 bits per heavy atom. The maximum absolute atomic E-state index is 12.6. The number of carbonyl (C=O) groups is 1. The van der Waals surface area contributed by atoms with E-state index < -0.39 is 23.9 Å². The summed E-state index contributed by atoms with van der Waals surface area (Å²) in [6.07, 6.45) is -4.28. The van der Waals surface area contributed by atoms with Gasteiger partial charge in [-0.2, -0.15) is 13.2 Å². The minimum absolute atomic E-state index is 0.0320. The fourth-order valence-corrected chi connectivity index (χ4v) is 2.93. The van der Waals surface area contributed by atoms with Crippen molar-refractivity contribution in [2.24, 2.45) is 0 Å². The summed E-state index contributed by atoms with van der Waals surface area (Å²) in [4.78, 5) is 15.6. The van der Waals surface area contributed by atoms with Gasteiger partial charge in [-0.3, -0.25) is 10.4 Å². The molecule has 5 nitrogen and oxygen atoms in total. The number of nitrogens with one attached hydrogen (secondary N) is 1. The molecule has 0 amide bonds. The Labute approximate surface area is 151 Å². The molecule has 2 rings (SSSR count). The van der Waals surface area contributed by atoms with Crippen LogP contribution in [-0.2, 0) is 22.1 Å². The maximum Gasteiger partial charge on any atom is 0.434 e. The monoisotopic (exact) mass is 389 g/mol. The van der Waals surface area contributed by atoms with Crippen molar-refractivity contribution < 1.29 is 22.7 Å². The van der Waals surface area contributed by atoms with E-state index in [4.69, 9.17) is 17.0 Å². The van der Waals surface area contributed by atoms with E-state index in [-0.39, 0.29) is 11.6 Å². The van der Waals surface area contributed by atoms with Crippen LogP contribution in [0, 0.1) is 0 Å². The highest BCUT2D eigenvalue weighted by atomic mass is 32.1. The molecule has 0 saturated carbocycles. The summed E-state index contributed by atoms with van der Waals surface area (Å²) < 4.78 is 42.7. The molecular formula is C15H14F3N3O2S2. The highest BCUT2D eigenvalue weighted by Gasteiger charge is 2.34. The second kappa shape index (κ2) is 8.26. The van der Waals surface area contributed by atoms with Gasteiger partial charge in [-0.25, -0.2) is 9.78 Å². The van der Waals surface area contributed by atoms with Crippen LogP contribution in [0.15, 0.2) is 35.7 Å². The minimum atomic E-state index is -4.54. The molecule has 0 radical (unpaired) electrons. The molecule has 0 aliphatic carbocycles. The lowest BCUT2D eigenvalue weighted by Crippen LogP contribution is -2.45. The zero-order valence-corrected chi connectivity index (χ0v) is 14.6. The fourth-order valence-electron chi connectivity index (χ4n) is 2.01. The number of nitrogens with zero attached hydrogens (tertiary/aromatic N) is 2. The summed E-state index contributed by atoms with van der Waals surface area (Å²) in [6.45, 7) is 0. The van der Waals surface area contributed by atoms with Crippen LogP contribution < -0.4 is 5.43 Å². The average Bonchev–Trinajstić information content (AvgIpc) is 3.07. The second-order valence-electron chi connectivity index (χ2n) is 4.89. The molecule has 1 atom stereocenters. The molecule has 0 saturated heterocycles. The van der Waals surface area contributed by atoms with Gasteiger partial charge in [0.25, 0.3) is 0 Å². The highest BCUT2D eigenvalue weighted by Crippen LogP contribution is 2.31. The van der Waals surface area contributed by atoms with Crippen molar-refractivity contribution in [1.82, 2.24) is 9.99 Å². The standard InChI is InChI=1S/C15H14F3N3O2S2/c1-23-13(22)11(7-10-5-3-2-4-6-10)21(9-24)20-14-19-12(8-25-14)15(16,17)18/h2-6,8-9,11H,7H2,1H3,(H,19,20). The number of aromatic nitrogens is 1. The van der Waals surface area contributed by atoms with Gasteiger partial charge in [0, 0.05) is 11.8 Å². The predicted octanol–water partition coefficient (Wildman–Crippen LogP) is 3.53. The van der Waals surface area contributed by atoms with Crippen molar-refractivity contribution in [1.29, 1.82) is 0 Å². The highest BCUT2D eigenvalue weighted by molar-refractivity contribution is 7.78. The first-order valence-electron chi connectivity index (χ1n) is 7.00. The van der Waals surface area contributed by atoms with Crippen molar-refractivity contribution >= 4 is 40.1 Å². The molecular weight excluding hydrogens is 375 g/mol. The predicted molar refractivity (Wildman–Crippen MR) is 92.2 cm³/mol. The molecule has 25 heavy (non-hydrogen) atoms. The Morgan fingerprint density at radius 2 is 2.12 bits per heavy atom. The molecule has 0 bridgehead atoms. The first kappa shape index (κ1) is 19.1. The van der Waals surface area contributed by atoms with Gasteiger partial charge in [-0.1, -0.05) is 42.5 Å². The molecule has 0 fully saturated rings. The van der Waals surface area contributed by atoms with Crippen LogP contribution in [0.2, 0.25) is 0 Å². The van der Waals surface area contributed by atoms with Crippen LogP contribution in [0.5, 0.6) is 0 Å². The molecule has 2 aromatic rings. The van der Waals surface area contributed by atoms with Gasteiger partial charge in [0.2, 0.25) is 5.13 Å². The van der Waals surface area contributed by atoms with Crippen molar-refractivity contribution in [3.63, 3.8) is 0 Å². The van der Waals surface area contributed by atoms with E-state index in [2.05, 4.69) is 10.4 Å². The third kappa shape index (κ3) is 5.13. The molecule has 1 unspecified atom stereocenters. The molecule has 134 valence electrons. The Bertz CT molecular complexity index is 722. The lowest BCUT2D eigenvalue weighted by Gasteiger charge is -2.27. The van der Waals surface area contributed by atoms with Gasteiger partial charge in [0.1, 0.15) is 0 Å². The molecule has 0 spiro atoms. The number of hydrazine groups is 1. The molecule has 1 aromatic heterocycles. The largest absolute Gasteiger partial charge is 0.467 e. The van der Waals surface area contributed by atoms with E-state index in [1.807, 2.05) is 30.3 Å². The minimum Gasteiger partial charge on any atom is -0.467 e. The lowest BCUT2D eigenvalue weighted by atomic mass is 10.1. The Kier molecular flexibility index (Phi) is 6.32. The van der Waals surface area contributed by atoms with Crippen molar-refractivity contribution in [3.8, 4) is 0 Å². The van der Waals surface area contributed by atoms with E-state index in [9.17, 15) is 18.0 Å². The van der Waals surface area contributed by atoms with Gasteiger partial charge in [-0.15, -0.1) is 11.3 Å². The van der Waals surface area contributed by atoms with Crippen LogP contribution in [0.3, 0.4) is 0 Å². The summed E-state index contributed by atoms with van der Waals surface area (Å²) in [6, 6.07) is 8.25. The third-order valence-electron chi connectivity index (χ3n) is 3.21. The first-order valence-corrected chi connectivity index (χ1v) is 8.35. The van der Waals surface area contributed by atoms with Crippen LogP contribution in [0.4, 0.5) is 18.3 Å². The van der Waals surface area contributed by atoms with Crippen LogP contribution >= 0.6 is 23.6 Å². The molecule has 0 aliphatic heterocycles. The number of esters is 1. The van der Waals surface area contributed by atoms with Gasteiger partial charge >= 0.3 is 12.1 Å². The second-order valence-corrected chi connectivity index (χ2v) is 5.96. The van der Waals surface area contributed by atoms with Gasteiger partial charge in [0.15, 0.2) is 11.7 Å². The number of methoxy groups -OCH3 is 1. The number of benzene rings is 1. The average molecular weight is 389 g/mol. The van der Waals surface area contributed by atoms with Gasteiger partial charge < -0.3 is 4.74 Å². The number of thiazole rings is 1. The number of alkyl halides is 3. The zero-order chi connectivity index (χ0) is 18.4. The number of anilines is 1. The van der Waals surface area contributed by atoms with Gasteiger partial charge in [-0.05, 0) is 5.56 Å². The SMILES string of the molecule is COC(=O)C(Cc1ccccc1)N(C=S)Nc1nc(C(F)(F)F)cs1. The lowest BCUT2D eigenvalue weighted by molar-refractivity contribution is -0.145. The first-order chi connectivity index (χ1) is 11.8. The summed E-state index contributed by atoms with van der Waals surface area (Å²) in [5, 5.41) is 2.07. The topological polar surface area (TPSA) is 54.5 Å². The Hall–Kier alpha value is -2.20. The van der Waals surface area contributed by atoms with Crippen LogP contribution in [0.25, 0.3) is 0 Å².